The zero-order chi connectivity index (χ0) is 13.0. The Balaban J connectivity index is 1.45. The van der Waals surface area contributed by atoms with Gasteiger partial charge in [0.15, 0.2) is 0 Å². The molecule has 1 saturated heterocycles. The van der Waals surface area contributed by atoms with E-state index < -0.39 is 0 Å². The lowest BCUT2D eigenvalue weighted by atomic mass is 9.78. The van der Waals surface area contributed by atoms with Gasteiger partial charge in [0.2, 0.25) is 0 Å². The van der Waals surface area contributed by atoms with Crippen molar-refractivity contribution in [1.29, 1.82) is 0 Å². The Kier molecular flexibility index (Phi) is 4.81. The van der Waals surface area contributed by atoms with E-state index in [9.17, 15) is 0 Å². The fourth-order valence-corrected chi connectivity index (χ4v) is 4.47. The predicted octanol–water partition coefficient (Wildman–Crippen LogP) is 4.04. The van der Waals surface area contributed by atoms with Crippen molar-refractivity contribution >= 4 is 0 Å². The average molecular weight is 265 g/mol. The maximum atomic E-state index is 6.19. The lowest BCUT2D eigenvalue weighted by Gasteiger charge is -2.44. The van der Waals surface area contributed by atoms with Crippen LogP contribution in [0.2, 0.25) is 0 Å². The van der Waals surface area contributed by atoms with Crippen molar-refractivity contribution in [3.8, 4) is 0 Å². The van der Waals surface area contributed by atoms with Crippen molar-refractivity contribution in [1.82, 2.24) is 5.32 Å². The molecule has 2 heteroatoms. The highest BCUT2D eigenvalue weighted by molar-refractivity contribution is 4.92. The molecule has 2 nitrogen and oxygen atoms in total. The molecule has 1 spiro atoms. The molecular weight excluding hydrogens is 234 g/mol. The topological polar surface area (TPSA) is 21.3 Å². The first-order chi connectivity index (χ1) is 9.36. The zero-order valence-corrected chi connectivity index (χ0v) is 12.5. The van der Waals surface area contributed by atoms with Crippen LogP contribution in [0.25, 0.3) is 0 Å². The van der Waals surface area contributed by atoms with Gasteiger partial charge in [-0.05, 0) is 51.0 Å². The van der Waals surface area contributed by atoms with E-state index in [-0.39, 0.29) is 5.60 Å². The summed E-state index contributed by atoms with van der Waals surface area (Å²) < 4.78 is 6.19. The summed E-state index contributed by atoms with van der Waals surface area (Å²) in [5.74, 6) is 0.957. The second kappa shape index (κ2) is 6.58. The summed E-state index contributed by atoms with van der Waals surface area (Å²) in [6.07, 6.45) is 16.6. The van der Waals surface area contributed by atoms with Crippen molar-refractivity contribution in [2.24, 2.45) is 5.92 Å². The van der Waals surface area contributed by atoms with E-state index in [1.807, 2.05) is 0 Å². The van der Waals surface area contributed by atoms with Gasteiger partial charge in [-0.2, -0.15) is 0 Å². The first kappa shape index (κ1) is 13.9. The van der Waals surface area contributed by atoms with Crippen LogP contribution in [0, 0.1) is 5.92 Å². The van der Waals surface area contributed by atoms with Gasteiger partial charge in [0.25, 0.3) is 0 Å². The van der Waals surface area contributed by atoms with E-state index in [1.54, 1.807) is 0 Å². The minimum absolute atomic E-state index is 0.265. The number of rotatable bonds is 3. The van der Waals surface area contributed by atoms with Crippen LogP contribution in [0.15, 0.2) is 0 Å². The SMILES string of the molecule is C1CCC(CNC2CCOC3(CCCCC3)C2)CC1. The Hall–Kier alpha value is -0.0800. The summed E-state index contributed by atoms with van der Waals surface area (Å²) in [6.45, 7) is 2.25. The van der Waals surface area contributed by atoms with E-state index in [2.05, 4.69) is 5.32 Å². The normalized spacial score (nSPS) is 32.5. The summed E-state index contributed by atoms with van der Waals surface area (Å²) in [4.78, 5) is 0. The van der Waals surface area contributed by atoms with Gasteiger partial charge in [0.1, 0.15) is 0 Å². The average Bonchev–Trinajstić information content (AvgIpc) is 2.47. The molecule has 1 heterocycles. The van der Waals surface area contributed by atoms with Crippen molar-refractivity contribution in [3.63, 3.8) is 0 Å². The standard InChI is InChI=1S/C17H31NO/c1-3-7-15(8-4-1)14-18-16-9-12-19-17(13-16)10-5-2-6-11-17/h15-16,18H,1-14H2. The zero-order valence-electron chi connectivity index (χ0n) is 12.5. The maximum absolute atomic E-state index is 6.19. The molecule has 19 heavy (non-hydrogen) atoms. The molecule has 0 aromatic carbocycles. The Morgan fingerprint density at radius 1 is 0.895 bits per heavy atom. The monoisotopic (exact) mass is 265 g/mol. The molecule has 1 atom stereocenters. The maximum Gasteiger partial charge on any atom is 0.0697 e. The second-order valence-corrected chi connectivity index (χ2v) is 7.19. The van der Waals surface area contributed by atoms with Gasteiger partial charge >= 0.3 is 0 Å². The summed E-state index contributed by atoms with van der Waals surface area (Å²) >= 11 is 0. The molecule has 1 unspecified atom stereocenters. The molecule has 3 aliphatic rings. The molecular formula is C17H31NO. The van der Waals surface area contributed by atoms with E-state index in [0.29, 0.717) is 0 Å². The van der Waals surface area contributed by atoms with Crippen LogP contribution in [0.3, 0.4) is 0 Å². The van der Waals surface area contributed by atoms with Gasteiger partial charge in [-0.1, -0.05) is 38.5 Å². The van der Waals surface area contributed by atoms with Crippen LogP contribution in [0.5, 0.6) is 0 Å². The van der Waals surface area contributed by atoms with Gasteiger partial charge in [-0.25, -0.2) is 0 Å². The van der Waals surface area contributed by atoms with E-state index in [4.69, 9.17) is 4.74 Å². The van der Waals surface area contributed by atoms with Crippen LogP contribution >= 0.6 is 0 Å². The molecule has 3 fully saturated rings. The van der Waals surface area contributed by atoms with E-state index in [1.165, 1.54) is 83.6 Å². The molecule has 1 aliphatic heterocycles. The third-order valence-electron chi connectivity index (χ3n) is 5.68. The highest BCUT2D eigenvalue weighted by Crippen LogP contribution is 2.38. The molecule has 0 bridgehead atoms. The molecule has 1 N–H and O–H groups in total. The molecule has 2 aliphatic carbocycles. The van der Waals surface area contributed by atoms with Gasteiger partial charge in [-0.15, -0.1) is 0 Å². The van der Waals surface area contributed by atoms with E-state index >= 15 is 0 Å². The molecule has 0 amide bonds. The minimum Gasteiger partial charge on any atom is -0.375 e. The lowest BCUT2D eigenvalue weighted by Crippen LogP contribution is -2.48. The van der Waals surface area contributed by atoms with Gasteiger partial charge in [0, 0.05) is 12.6 Å². The molecule has 0 aromatic heterocycles. The fraction of sp³-hybridized carbons (Fsp3) is 1.00. The van der Waals surface area contributed by atoms with Crippen LogP contribution in [-0.2, 0) is 4.74 Å². The Morgan fingerprint density at radius 2 is 1.63 bits per heavy atom. The third kappa shape index (κ3) is 3.72. The highest BCUT2D eigenvalue weighted by Gasteiger charge is 2.38. The first-order valence-electron chi connectivity index (χ1n) is 8.74. The molecule has 0 aromatic rings. The third-order valence-corrected chi connectivity index (χ3v) is 5.68. The molecule has 3 rings (SSSR count). The second-order valence-electron chi connectivity index (χ2n) is 7.19. The summed E-state index contributed by atoms with van der Waals surface area (Å²) in [6, 6.07) is 0.730. The fourth-order valence-electron chi connectivity index (χ4n) is 4.47. The predicted molar refractivity (Wildman–Crippen MR) is 79.4 cm³/mol. The van der Waals surface area contributed by atoms with Gasteiger partial charge in [-0.3, -0.25) is 0 Å². The Morgan fingerprint density at radius 3 is 2.42 bits per heavy atom. The van der Waals surface area contributed by atoms with Crippen LogP contribution in [0.4, 0.5) is 0 Å². The quantitative estimate of drug-likeness (QED) is 0.831. The van der Waals surface area contributed by atoms with Crippen molar-refractivity contribution in [2.45, 2.75) is 88.7 Å². The lowest BCUT2D eigenvalue weighted by molar-refractivity contribution is -0.109. The summed E-state index contributed by atoms with van der Waals surface area (Å²) in [5, 5.41) is 3.88. The summed E-state index contributed by atoms with van der Waals surface area (Å²) in [7, 11) is 0. The van der Waals surface area contributed by atoms with Gasteiger partial charge < -0.3 is 10.1 Å². The number of hydrogen-bond acceptors (Lipinski definition) is 2. The molecule has 110 valence electrons. The number of nitrogens with one attached hydrogen (secondary N) is 1. The van der Waals surface area contributed by atoms with Crippen molar-refractivity contribution in [3.05, 3.63) is 0 Å². The van der Waals surface area contributed by atoms with Crippen molar-refractivity contribution in [2.75, 3.05) is 13.2 Å². The summed E-state index contributed by atoms with van der Waals surface area (Å²) in [5.41, 5.74) is 0.265. The largest absolute Gasteiger partial charge is 0.375 e. The van der Waals surface area contributed by atoms with Gasteiger partial charge in [0.05, 0.1) is 5.60 Å². The van der Waals surface area contributed by atoms with Crippen molar-refractivity contribution < 1.29 is 4.74 Å². The molecule has 0 radical (unpaired) electrons. The number of hydrogen-bond donors (Lipinski definition) is 1. The molecule has 2 saturated carbocycles. The number of ether oxygens (including phenoxy) is 1. The first-order valence-corrected chi connectivity index (χ1v) is 8.74. The van der Waals surface area contributed by atoms with Crippen LogP contribution in [0.1, 0.15) is 77.0 Å². The Bertz CT molecular complexity index is 261. The minimum atomic E-state index is 0.265. The van der Waals surface area contributed by atoms with Crippen LogP contribution < -0.4 is 5.32 Å². The Labute approximate surface area is 118 Å². The van der Waals surface area contributed by atoms with Crippen LogP contribution in [-0.4, -0.2) is 24.8 Å². The smallest absolute Gasteiger partial charge is 0.0697 e. The highest BCUT2D eigenvalue weighted by atomic mass is 16.5. The van der Waals surface area contributed by atoms with E-state index in [0.717, 1.165) is 18.6 Å².